The van der Waals surface area contributed by atoms with Crippen molar-refractivity contribution in [3.8, 4) is 6.07 Å². The lowest BCUT2D eigenvalue weighted by Gasteiger charge is -2.15. The predicted octanol–water partition coefficient (Wildman–Crippen LogP) is -0.176. The predicted molar refractivity (Wildman–Crippen MR) is 46.3 cm³/mol. The van der Waals surface area contributed by atoms with Crippen molar-refractivity contribution >= 4 is 5.91 Å². The molecule has 12 heavy (non-hydrogen) atoms. The number of hydrogen-bond donors (Lipinski definition) is 1. The fourth-order valence-corrected chi connectivity index (χ4v) is 0.897. The number of carbonyl (C=O) groups is 1. The molecule has 1 N–H and O–H groups in total. The monoisotopic (exact) mass is 169 g/mol. The summed E-state index contributed by atoms with van der Waals surface area (Å²) in [6, 6.07) is 2.11. The summed E-state index contributed by atoms with van der Waals surface area (Å²) < 4.78 is 0. The zero-order chi connectivity index (χ0) is 9.56. The first-order valence-electron chi connectivity index (χ1n) is 3.89. The first-order valence-corrected chi connectivity index (χ1v) is 3.89. The summed E-state index contributed by atoms with van der Waals surface area (Å²) in [5, 5.41) is 11.0. The summed E-state index contributed by atoms with van der Waals surface area (Å²) in [6.07, 6.45) is 0. The van der Waals surface area contributed by atoms with Gasteiger partial charge in [-0.25, -0.2) is 0 Å². The van der Waals surface area contributed by atoms with E-state index in [4.69, 9.17) is 5.26 Å². The standard InChI is InChI=1S/C8H15N3O/c1-7(4-9)5-11(3)6-8(12)10-2/h7H,5-6H2,1-3H3,(H,10,12). The van der Waals surface area contributed by atoms with Crippen molar-refractivity contribution in [3.05, 3.63) is 0 Å². The zero-order valence-electron chi connectivity index (χ0n) is 7.79. The van der Waals surface area contributed by atoms with E-state index in [0.717, 1.165) is 0 Å². The zero-order valence-corrected chi connectivity index (χ0v) is 7.79. The fourth-order valence-electron chi connectivity index (χ4n) is 0.897. The van der Waals surface area contributed by atoms with Crippen LogP contribution in [-0.4, -0.2) is 38.0 Å². The fraction of sp³-hybridized carbons (Fsp3) is 0.750. The summed E-state index contributed by atoms with van der Waals surface area (Å²) in [5.74, 6) is -0.0534. The molecule has 0 aromatic carbocycles. The number of amides is 1. The van der Waals surface area contributed by atoms with Gasteiger partial charge in [0, 0.05) is 13.6 Å². The number of likely N-dealkylation sites (N-methyl/N-ethyl adjacent to an activating group) is 2. The number of hydrogen-bond acceptors (Lipinski definition) is 3. The van der Waals surface area contributed by atoms with Gasteiger partial charge >= 0.3 is 0 Å². The van der Waals surface area contributed by atoms with Crippen LogP contribution in [0.1, 0.15) is 6.92 Å². The van der Waals surface area contributed by atoms with Crippen LogP contribution in [0.15, 0.2) is 0 Å². The highest BCUT2D eigenvalue weighted by molar-refractivity contribution is 5.77. The van der Waals surface area contributed by atoms with Crippen LogP contribution in [0, 0.1) is 17.2 Å². The summed E-state index contributed by atoms with van der Waals surface area (Å²) in [7, 11) is 3.42. The van der Waals surface area contributed by atoms with Crippen molar-refractivity contribution in [2.45, 2.75) is 6.92 Å². The third-order valence-electron chi connectivity index (χ3n) is 1.50. The number of nitriles is 1. The molecule has 0 aliphatic carbocycles. The average molecular weight is 169 g/mol. The Bertz CT molecular complexity index is 185. The average Bonchev–Trinajstić information content (AvgIpc) is 2.03. The van der Waals surface area contributed by atoms with Crippen LogP contribution in [0.25, 0.3) is 0 Å². The molecule has 0 aliphatic heterocycles. The number of nitrogens with one attached hydrogen (secondary N) is 1. The molecule has 0 saturated heterocycles. The third-order valence-corrected chi connectivity index (χ3v) is 1.50. The molecule has 0 aromatic rings. The van der Waals surface area contributed by atoms with Crippen molar-refractivity contribution < 1.29 is 4.79 Å². The first kappa shape index (κ1) is 10.9. The van der Waals surface area contributed by atoms with E-state index in [1.54, 1.807) is 7.05 Å². The molecule has 0 heterocycles. The van der Waals surface area contributed by atoms with Crippen molar-refractivity contribution in [1.29, 1.82) is 5.26 Å². The molecule has 1 unspecified atom stereocenters. The van der Waals surface area contributed by atoms with Gasteiger partial charge in [-0.15, -0.1) is 0 Å². The maximum absolute atomic E-state index is 10.9. The van der Waals surface area contributed by atoms with Crippen LogP contribution in [0.4, 0.5) is 0 Å². The molecule has 0 rings (SSSR count). The minimum Gasteiger partial charge on any atom is -0.358 e. The van der Waals surface area contributed by atoms with Crippen LogP contribution in [-0.2, 0) is 4.79 Å². The second kappa shape index (κ2) is 5.56. The Kier molecular flexibility index (Phi) is 5.06. The summed E-state index contributed by atoms with van der Waals surface area (Å²) >= 11 is 0. The normalized spacial score (nSPS) is 12.2. The van der Waals surface area contributed by atoms with Crippen molar-refractivity contribution in [1.82, 2.24) is 10.2 Å². The Balaban J connectivity index is 3.67. The summed E-state index contributed by atoms with van der Waals surface area (Å²) in [6.45, 7) is 2.81. The number of rotatable bonds is 4. The van der Waals surface area contributed by atoms with Crippen molar-refractivity contribution in [2.24, 2.45) is 5.92 Å². The van der Waals surface area contributed by atoms with Gasteiger partial charge in [-0.1, -0.05) is 0 Å². The Hall–Kier alpha value is -1.08. The van der Waals surface area contributed by atoms with E-state index in [-0.39, 0.29) is 11.8 Å². The molecule has 1 amide bonds. The molecule has 4 nitrogen and oxygen atoms in total. The van der Waals surface area contributed by atoms with E-state index < -0.39 is 0 Å². The lowest BCUT2D eigenvalue weighted by atomic mass is 10.2. The minimum atomic E-state index is -0.0281. The Morgan fingerprint density at radius 3 is 2.75 bits per heavy atom. The van der Waals surface area contributed by atoms with Crippen LogP contribution in [0.3, 0.4) is 0 Å². The van der Waals surface area contributed by atoms with Gasteiger partial charge in [-0.05, 0) is 14.0 Å². The number of carbonyl (C=O) groups excluding carboxylic acids is 1. The van der Waals surface area contributed by atoms with E-state index in [2.05, 4.69) is 11.4 Å². The lowest BCUT2D eigenvalue weighted by Crippen LogP contribution is -2.35. The van der Waals surface area contributed by atoms with Gasteiger partial charge in [-0.2, -0.15) is 5.26 Å². The Morgan fingerprint density at radius 2 is 2.33 bits per heavy atom. The summed E-state index contributed by atoms with van der Waals surface area (Å²) in [5.41, 5.74) is 0. The molecule has 0 bridgehead atoms. The highest BCUT2D eigenvalue weighted by Crippen LogP contribution is 1.94. The molecule has 4 heteroatoms. The molecule has 1 atom stereocenters. The van der Waals surface area contributed by atoms with Crippen LogP contribution in [0.2, 0.25) is 0 Å². The Labute approximate surface area is 73.2 Å². The minimum absolute atomic E-state index is 0.0253. The van der Waals surface area contributed by atoms with Gasteiger partial charge in [0.1, 0.15) is 0 Å². The molecule has 0 aromatic heterocycles. The van der Waals surface area contributed by atoms with Crippen LogP contribution < -0.4 is 5.32 Å². The van der Waals surface area contributed by atoms with E-state index in [1.807, 2.05) is 18.9 Å². The highest BCUT2D eigenvalue weighted by Gasteiger charge is 2.07. The second-order valence-corrected chi connectivity index (χ2v) is 2.90. The van der Waals surface area contributed by atoms with E-state index in [0.29, 0.717) is 13.1 Å². The summed E-state index contributed by atoms with van der Waals surface area (Å²) in [4.78, 5) is 12.7. The lowest BCUT2D eigenvalue weighted by molar-refractivity contribution is -0.121. The molecular formula is C8H15N3O. The topological polar surface area (TPSA) is 56.1 Å². The largest absolute Gasteiger partial charge is 0.358 e. The quantitative estimate of drug-likeness (QED) is 0.635. The smallest absolute Gasteiger partial charge is 0.233 e. The first-order chi connectivity index (χ1) is 5.60. The van der Waals surface area contributed by atoms with Gasteiger partial charge in [-0.3, -0.25) is 9.69 Å². The molecule has 0 fully saturated rings. The van der Waals surface area contributed by atoms with Crippen LogP contribution in [0.5, 0.6) is 0 Å². The molecule has 0 saturated carbocycles. The third kappa shape index (κ3) is 4.69. The molecule has 68 valence electrons. The van der Waals surface area contributed by atoms with Gasteiger partial charge < -0.3 is 5.32 Å². The van der Waals surface area contributed by atoms with E-state index in [1.165, 1.54) is 0 Å². The molecule has 0 spiro atoms. The van der Waals surface area contributed by atoms with Gasteiger partial charge in [0.25, 0.3) is 0 Å². The van der Waals surface area contributed by atoms with Gasteiger partial charge in [0.2, 0.25) is 5.91 Å². The highest BCUT2D eigenvalue weighted by atomic mass is 16.1. The maximum atomic E-state index is 10.9. The number of nitrogens with zero attached hydrogens (tertiary/aromatic N) is 2. The van der Waals surface area contributed by atoms with Crippen molar-refractivity contribution in [2.75, 3.05) is 27.2 Å². The SMILES string of the molecule is CNC(=O)CN(C)CC(C)C#N. The Morgan fingerprint density at radius 1 is 1.75 bits per heavy atom. The second-order valence-electron chi connectivity index (χ2n) is 2.90. The molecular weight excluding hydrogens is 154 g/mol. The van der Waals surface area contributed by atoms with E-state index >= 15 is 0 Å². The maximum Gasteiger partial charge on any atom is 0.233 e. The van der Waals surface area contributed by atoms with Gasteiger partial charge in [0.05, 0.1) is 18.5 Å². The van der Waals surface area contributed by atoms with Gasteiger partial charge in [0.15, 0.2) is 0 Å². The van der Waals surface area contributed by atoms with E-state index in [9.17, 15) is 4.79 Å². The van der Waals surface area contributed by atoms with Crippen molar-refractivity contribution in [3.63, 3.8) is 0 Å². The molecule has 0 radical (unpaired) electrons. The van der Waals surface area contributed by atoms with Crippen LogP contribution >= 0.6 is 0 Å². The molecule has 0 aliphatic rings.